The van der Waals surface area contributed by atoms with Crippen molar-refractivity contribution in [2.45, 2.75) is 46.0 Å². The molecule has 2 fully saturated rings. The molecule has 2 saturated heterocycles. The molecule has 1 N–H and O–H groups in total. The Morgan fingerprint density at radius 2 is 1.67 bits per heavy atom. The number of nitrogens with one attached hydrogen (secondary N) is 1. The monoisotopic (exact) mass is 408 g/mol. The summed E-state index contributed by atoms with van der Waals surface area (Å²) in [4.78, 5) is 9.90. The van der Waals surface area contributed by atoms with Gasteiger partial charge in [0.25, 0.3) is 0 Å². The quantitative estimate of drug-likeness (QED) is 0.431. The van der Waals surface area contributed by atoms with E-state index in [0.717, 1.165) is 19.0 Å². The van der Waals surface area contributed by atoms with Gasteiger partial charge in [-0.1, -0.05) is 13.3 Å². The zero-order valence-corrected chi connectivity index (χ0v) is 16.1. The number of hydrogen-bond acceptors (Lipinski definition) is 2. The minimum Gasteiger partial charge on any atom is -0.357 e. The normalized spacial score (nSPS) is 22.0. The van der Waals surface area contributed by atoms with Crippen LogP contribution in [0.2, 0.25) is 0 Å². The third-order valence-electron chi connectivity index (χ3n) is 4.31. The number of aliphatic imine (C=N–C) groups is 1. The number of rotatable bonds is 5. The number of nitrogens with zero attached hydrogens (tertiary/aromatic N) is 3. The molecule has 0 spiro atoms. The highest BCUT2D eigenvalue weighted by molar-refractivity contribution is 14.0. The molecule has 0 amide bonds. The SMILES string of the molecule is CCNC(=NCC(C)CN1CCCCC1)N1CCCC1.I. The van der Waals surface area contributed by atoms with Gasteiger partial charge in [-0.05, 0) is 51.6 Å². The predicted octanol–water partition coefficient (Wildman–Crippen LogP) is 2.79. The van der Waals surface area contributed by atoms with Gasteiger partial charge < -0.3 is 15.1 Å². The van der Waals surface area contributed by atoms with Crippen molar-refractivity contribution in [1.82, 2.24) is 15.1 Å². The van der Waals surface area contributed by atoms with Crippen molar-refractivity contribution in [2.24, 2.45) is 10.9 Å². The van der Waals surface area contributed by atoms with Crippen molar-refractivity contribution < 1.29 is 0 Å². The van der Waals surface area contributed by atoms with Gasteiger partial charge in [-0.3, -0.25) is 4.99 Å². The second-order valence-electron chi connectivity index (χ2n) is 6.36. The van der Waals surface area contributed by atoms with E-state index in [0.29, 0.717) is 5.92 Å². The van der Waals surface area contributed by atoms with Gasteiger partial charge in [-0.2, -0.15) is 0 Å². The third kappa shape index (κ3) is 6.72. The summed E-state index contributed by atoms with van der Waals surface area (Å²) in [6, 6.07) is 0. The van der Waals surface area contributed by atoms with Crippen LogP contribution >= 0.6 is 24.0 Å². The molecule has 0 bridgehead atoms. The lowest BCUT2D eigenvalue weighted by molar-refractivity contribution is 0.202. The van der Waals surface area contributed by atoms with E-state index in [4.69, 9.17) is 4.99 Å². The van der Waals surface area contributed by atoms with Crippen molar-refractivity contribution in [3.63, 3.8) is 0 Å². The summed E-state index contributed by atoms with van der Waals surface area (Å²) < 4.78 is 0. The summed E-state index contributed by atoms with van der Waals surface area (Å²) in [7, 11) is 0. The fourth-order valence-electron chi connectivity index (χ4n) is 3.24. The standard InChI is InChI=1S/C16H32N4.HI/c1-3-17-16(20-11-7-8-12-20)18-13-15(2)14-19-9-5-4-6-10-19;/h15H,3-14H2,1-2H3,(H,17,18);1H. The van der Waals surface area contributed by atoms with E-state index in [1.807, 2.05) is 0 Å². The van der Waals surface area contributed by atoms with Crippen LogP contribution in [-0.2, 0) is 0 Å². The molecule has 21 heavy (non-hydrogen) atoms. The van der Waals surface area contributed by atoms with Crippen LogP contribution in [0.1, 0.15) is 46.0 Å². The molecule has 0 aromatic rings. The minimum absolute atomic E-state index is 0. The molecule has 4 nitrogen and oxygen atoms in total. The van der Waals surface area contributed by atoms with Crippen LogP contribution in [0.25, 0.3) is 0 Å². The summed E-state index contributed by atoms with van der Waals surface area (Å²) in [5.74, 6) is 1.79. The predicted molar refractivity (Wildman–Crippen MR) is 102 cm³/mol. The van der Waals surface area contributed by atoms with E-state index < -0.39 is 0 Å². The Labute approximate surface area is 147 Å². The molecule has 0 aliphatic carbocycles. The van der Waals surface area contributed by atoms with E-state index in [1.54, 1.807) is 0 Å². The lowest BCUT2D eigenvalue weighted by Crippen LogP contribution is -2.40. The molecule has 124 valence electrons. The molecule has 0 saturated carbocycles. The molecule has 5 heteroatoms. The van der Waals surface area contributed by atoms with Gasteiger partial charge >= 0.3 is 0 Å². The van der Waals surface area contributed by atoms with Gasteiger partial charge in [-0.25, -0.2) is 0 Å². The van der Waals surface area contributed by atoms with Crippen LogP contribution in [0.3, 0.4) is 0 Å². The maximum absolute atomic E-state index is 4.87. The second-order valence-corrected chi connectivity index (χ2v) is 6.36. The van der Waals surface area contributed by atoms with Crippen molar-refractivity contribution in [2.75, 3.05) is 45.8 Å². The Morgan fingerprint density at radius 3 is 2.29 bits per heavy atom. The molecule has 2 aliphatic heterocycles. The fraction of sp³-hybridized carbons (Fsp3) is 0.938. The van der Waals surface area contributed by atoms with Crippen molar-refractivity contribution >= 4 is 29.9 Å². The maximum Gasteiger partial charge on any atom is 0.193 e. The van der Waals surface area contributed by atoms with Gasteiger partial charge in [0.1, 0.15) is 0 Å². The van der Waals surface area contributed by atoms with E-state index in [1.165, 1.54) is 64.8 Å². The molecule has 2 aliphatic rings. The van der Waals surface area contributed by atoms with Crippen LogP contribution in [-0.4, -0.2) is 61.6 Å². The molecule has 1 atom stereocenters. The van der Waals surface area contributed by atoms with Crippen molar-refractivity contribution in [3.05, 3.63) is 0 Å². The molecule has 0 radical (unpaired) electrons. The van der Waals surface area contributed by atoms with E-state index in [9.17, 15) is 0 Å². The van der Waals surface area contributed by atoms with Crippen molar-refractivity contribution in [1.29, 1.82) is 0 Å². The maximum atomic E-state index is 4.87. The number of halogens is 1. The zero-order chi connectivity index (χ0) is 14.2. The summed E-state index contributed by atoms with van der Waals surface area (Å²) >= 11 is 0. The molecule has 0 aromatic heterocycles. The minimum atomic E-state index is 0. The number of hydrogen-bond donors (Lipinski definition) is 1. The van der Waals surface area contributed by atoms with E-state index in [2.05, 4.69) is 29.0 Å². The molecular formula is C16H33IN4. The van der Waals surface area contributed by atoms with E-state index in [-0.39, 0.29) is 24.0 Å². The average molecular weight is 408 g/mol. The Morgan fingerprint density at radius 1 is 1.05 bits per heavy atom. The molecule has 1 unspecified atom stereocenters. The summed E-state index contributed by atoms with van der Waals surface area (Å²) in [6.07, 6.45) is 6.81. The first kappa shape index (κ1) is 19.0. The van der Waals surface area contributed by atoms with Gasteiger partial charge in [0.05, 0.1) is 0 Å². The topological polar surface area (TPSA) is 30.9 Å². The number of likely N-dealkylation sites (tertiary alicyclic amines) is 2. The Hall–Kier alpha value is -0.0400. The summed E-state index contributed by atoms with van der Waals surface area (Å²) in [5.41, 5.74) is 0. The highest BCUT2D eigenvalue weighted by atomic mass is 127. The van der Waals surface area contributed by atoms with Gasteiger partial charge in [-0.15, -0.1) is 24.0 Å². The van der Waals surface area contributed by atoms with Crippen LogP contribution in [0.15, 0.2) is 4.99 Å². The van der Waals surface area contributed by atoms with Gasteiger partial charge in [0.15, 0.2) is 5.96 Å². The highest BCUT2D eigenvalue weighted by Gasteiger charge is 2.17. The number of piperidine rings is 1. The fourth-order valence-corrected chi connectivity index (χ4v) is 3.24. The van der Waals surface area contributed by atoms with Crippen LogP contribution in [0.4, 0.5) is 0 Å². The van der Waals surface area contributed by atoms with Crippen molar-refractivity contribution in [3.8, 4) is 0 Å². The Bertz CT molecular complexity index is 297. The van der Waals surface area contributed by atoms with Gasteiger partial charge in [0.2, 0.25) is 0 Å². The largest absolute Gasteiger partial charge is 0.357 e. The summed E-state index contributed by atoms with van der Waals surface area (Å²) in [6.45, 7) is 12.6. The third-order valence-corrected chi connectivity index (χ3v) is 4.31. The first-order valence-corrected chi connectivity index (χ1v) is 8.55. The zero-order valence-electron chi connectivity index (χ0n) is 13.8. The molecule has 2 rings (SSSR count). The smallest absolute Gasteiger partial charge is 0.193 e. The highest BCUT2D eigenvalue weighted by Crippen LogP contribution is 2.12. The Kier molecular flexibility index (Phi) is 9.64. The second kappa shape index (κ2) is 10.6. The molecule has 0 aromatic carbocycles. The first-order valence-electron chi connectivity index (χ1n) is 8.55. The molecular weight excluding hydrogens is 375 g/mol. The summed E-state index contributed by atoms with van der Waals surface area (Å²) in [5, 5.41) is 3.45. The molecule has 2 heterocycles. The first-order chi connectivity index (χ1) is 9.79. The lowest BCUT2D eigenvalue weighted by Gasteiger charge is -2.29. The van der Waals surface area contributed by atoms with Crippen LogP contribution < -0.4 is 5.32 Å². The average Bonchev–Trinajstić information content (AvgIpc) is 2.98. The van der Waals surface area contributed by atoms with E-state index >= 15 is 0 Å². The van der Waals surface area contributed by atoms with Crippen LogP contribution in [0, 0.1) is 5.92 Å². The Balaban J connectivity index is 0.00000220. The number of guanidine groups is 1. The lowest BCUT2D eigenvalue weighted by atomic mass is 10.1. The van der Waals surface area contributed by atoms with Gasteiger partial charge in [0, 0.05) is 32.7 Å². The van der Waals surface area contributed by atoms with Crippen LogP contribution in [0.5, 0.6) is 0 Å².